The summed E-state index contributed by atoms with van der Waals surface area (Å²) in [6.45, 7) is 5.07. The zero-order chi connectivity index (χ0) is 17.5. The minimum absolute atomic E-state index is 0.111. The van der Waals surface area contributed by atoms with Crippen LogP contribution in [0.25, 0.3) is 5.57 Å². The maximum atomic E-state index is 12.2. The highest BCUT2D eigenvalue weighted by Crippen LogP contribution is 2.21. The molecule has 0 bridgehead atoms. The van der Waals surface area contributed by atoms with Crippen LogP contribution in [0.3, 0.4) is 0 Å². The van der Waals surface area contributed by atoms with Crippen molar-refractivity contribution in [2.75, 3.05) is 26.2 Å². The van der Waals surface area contributed by atoms with Gasteiger partial charge in [-0.3, -0.25) is 9.69 Å². The molecule has 1 atom stereocenters. The Hall–Kier alpha value is -2.39. The molecule has 3 nitrogen and oxygen atoms in total. The summed E-state index contributed by atoms with van der Waals surface area (Å²) in [5.74, 6) is 0.440. The van der Waals surface area contributed by atoms with Crippen molar-refractivity contribution >= 4 is 11.5 Å². The first-order valence-corrected chi connectivity index (χ1v) is 9.01. The number of hydrogen-bond acceptors (Lipinski definition) is 2. The predicted octanol–water partition coefficient (Wildman–Crippen LogP) is 3.70. The molecule has 3 rings (SSSR count). The lowest BCUT2D eigenvalue weighted by Crippen LogP contribution is -2.40. The van der Waals surface area contributed by atoms with Gasteiger partial charge in [-0.1, -0.05) is 73.7 Å². The Bertz CT molecular complexity index is 709. The van der Waals surface area contributed by atoms with Crippen LogP contribution >= 0.6 is 0 Å². The van der Waals surface area contributed by atoms with Crippen molar-refractivity contribution in [3.8, 4) is 0 Å². The Morgan fingerprint density at radius 2 is 1.76 bits per heavy atom. The fourth-order valence-electron chi connectivity index (χ4n) is 3.19. The third kappa shape index (κ3) is 5.04. The van der Waals surface area contributed by atoms with Crippen LogP contribution < -0.4 is 5.32 Å². The Kier molecular flexibility index (Phi) is 6.02. The second-order valence-electron chi connectivity index (χ2n) is 6.70. The van der Waals surface area contributed by atoms with E-state index < -0.39 is 0 Å². The molecular formula is C22H26N2O. The van der Waals surface area contributed by atoms with Gasteiger partial charge in [0.05, 0.1) is 6.54 Å². The van der Waals surface area contributed by atoms with Gasteiger partial charge in [0.15, 0.2) is 0 Å². The second-order valence-corrected chi connectivity index (χ2v) is 6.70. The Morgan fingerprint density at radius 1 is 1.08 bits per heavy atom. The monoisotopic (exact) mass is 334 g/mol. The molecule has 0 aromatic heterocycles. The minimum atomic E-state index is 0.111. The molecule has 0 radical (unpaired) electrons. The molecule has 0 aliphatic carbocycles. The normalized spacial score (nSPS) is 16.1. The largest absolute Gasteiger partial charge is 0.354 e. The first kappa shape index (κ1) is 17.4. The number of carbonyl (C=O) groups is 1. The Labute approximate surface area is 150 Å². The number of amides is 1. The lowest BCUT2D eigenvalue weighted by Gasteiger charge is -2.26. The molecule has 1 N–H and O–H groups in total. The quantitative estimate of drug-likeness (QED) is 0.874. The number of carbonyl (C=O) groups excluding carboxylic acids is 1. The first-order chi connectivity index (χ1) is 12.2. The highest BCUT2D eigenvalue weighted by Gasteiger charge is 2.16. The third-order valence-corrected chi connectivity index (χ3v) is 4.78. The average molecular weight is 334 g/mol. The van der Waals surface area contributed by atoms with Crippen molar-refractivity contribution in [2.24, 2.45) is 0 Å². The molecule has 2 aromatic rings. The van der Waals surface area contributed by atoms with Gasteiger partial charge in [0.25, 0.3) is 0 Å². The number of nitrogens with one attached hydrogen (secondary N) is 1. The van der Waals surface area contributed by atoms with Gasteiger partial charge in [-0.2, -0.15) is 0 Å². The van der Waals surface area contributed by atoms with Crippen LogP contribution in [-0.4, -0.2) is 37.0 Å². The topological polar surface area (TPSA) is 32.3 Å². The molecule has 130 valence electrons. The molecule has 1 aliphatic rings. The summed E-state index contributed by atoms with van der Waals surface area (Å²) in [4.78, 5) is 14.4. The summed E-state index contributed by atoms with van der Waals surface area (Å²) in [5.41, 5.74) is 3.94. The molecule has 0 spiro atoms. The third-order valence-electron chi connectivity index (χ3n) is 4.78. The fourth-order valence-corrected chi connectivity index (χ4v) is 3.19. The van der Waals surface area contributed by atoms with Gasteiger partial charge >= 0.3 is 0 Å². The molecule has 0 saturated heterocycles. The number of benzene rings is 2. The van der Waals surface area contributed by atoms with E-state index in [0.717, 1.165) is 19.5 Å². The van der Waals surface area contributed by atoms with Crippen molar-refractivity contribution in [1.29, 1.82) is 0 Å². The van der Waals surface area contributed by atoms with Crippen LogP contribution in [0.15, 0.2) is 66.7 Å². The number of nitrogens with zero attached hydrogens (tertiary/aromatic N) is 1. The smallest absolute Gasteiger partial charge is 0.234 e. The lowest BCUT2D eigenvalue weighted by molar-refractivity contribution is -0.122. The van der Waals surface area contributed by atoms with Gasteiger partial charge in [0, 0.05) is 19.6 Å². The Balaban J connectivity index is 1.44. The lowest BCUT2D eigenvalue weighted by atomic mass is 9.99. The fraction of sp³-hybridized carbons (Fsp3) is 0.318. The first-order valence-electron chi connectivity index (χ1n) is 9.01. The molecule has 2 aromatic carbocycles. The average Bonchev–Trinajstić information content (AvgIpc) is 2.68. The standard InChI is InChI=1S/C22H26N2O/c1-18(19-8-4-2-5-9-19)16-23-22(25)17-24-14-12-21(13-15-24)20-10-6-3-7-11-20/h2-12,18H,13-17H2,1H3,(H,23,25)/t18-/m0/s1. The van der Waals surface area contributed by atoms with Crippen LogP contribution in [0.2, 0.25) is 0 Å². The molecule has 3 heteroatoms. The van der Waals surface area contributed by atoms with Gasteiger partial charge in [-0.15, -0.1) is 0 Å². The number of hydrogen-bond donors (Lipinski definition) is 1. The van der Waals surface area contributed by atoms with Crippen LogP contribution in [0.4, 0.5) is 0 Å². The molecule has 0 fully saturated rings. The summed E-state index contributed by atoms with van der Waals surface area (Å²) in [6.07, 6.45) is 3.25. The summed E-state index contributed by atoms with van der Waals surface area (Å²) in [5, 5.41) is 3.07. The zero-order valence-corrected chi connectivity index (χ0v) is 14.8. The van der Waals surface area contributed by atoms with Gasteiger partial charge in [-0.05, 0) is 29.0 Å². The van der Waals surface area contributed by atoms with Gasteiger partial charge in [0.2, 0.25) is 5.91 Å². The summed E-state index contributed by atoms with van der Waals surface area (Å²) in [7, 11) is 0. The van der Waals surface area contributed by atoms with E-state index in [2.05, 4.69) is 59.6 Å². The summed E-state index contributed by atoms with van der Waals surface area (Å²) < 4.78 is 0. The Morgan fingerprint density at radius 3 is 2.40 bits per heavy atom. The van der Waals surface area contributed by atoms with Gasteiger partial charge in [-0.25, -0.2) is 0 Å². The highest BCUT2D eigenvalue weighted by molar-refractivity contribution is 5.78. The van der Waals surface area contributed by atoms with E-state index in [9.17, 15) is 4.79 Å². The van der Waals surface area contributed by atoms with E-state index in [-0.39, 0.29) is 5.91 Å². The molecule has 1 aliphatic heterocycles. The van der Waals surface area contributed by atoms with E-state index in [0.29, 0.717) is 19.0 Å². The molecule has 0 unspecified atom stereocenters. The molecule has 1 amide bonds. The van der Waals surface area contributed by atoms with Gasteiger partial charge in [0.1, 0.15) is 0 Å². The summed E-state index contributed by atoms with van der Waals surface area (Å²) >= 11 is 0. The van der Waals surface area contributed by atoms with E-state index in [1.807, 2.05) is 24.3 Å². The van der Waals surface area contributed by atoms with Crippen LogP contribution in [0.1, 0.15) is 30.4 Å². The molecule has 25 heavy (non-hydrogen) atoms. The maximum absolute atomic E-state index is 12.2. The predicted molar refractivity (Wildman–Crippen MR) is 103 cm³/mol. The minimum Gasteiger partial charge on any atom is -0.354 e. The molecule has 0 saturated carbocycles. The van der Waals surface area contributed by atoms with E-state index in [4.69, 9.17) is 0 Å². The maximum Gasteiger partial charge on any atom is 0.234 e. The van der Waals surface area contributed by atoms with E-state index >= 15 is 0 Å². The SMILES string of the molecule is C[C@@H](CNC(=O)CN1CC=C(c2ccccc2)CC1)c1ccccc1. The van der Waals surface area contributed by atoms with Gasteiger partial charge < -0.3 is 5.32 Å². The van der Waals surface area contributed by atoms with Crippen molar-refractivity contribution in [3.05, 3.63) is 77.9 Å². The highest BCUT2D eigenvalue weighted by atomic mass is 16.2. The number of rotatable bonds is 6. The second kappa shape index (κ2) is 8.63. The summed E-state index contributed by atoms with van der Waals surface area (Å²) in [6, 6.07) is 20.8. The van der Waals surface area contributed by atoms with Crippen molar-refractivity contribution in [1.82, 2.24) is 10.2 Å². The van der Waals surface area contributed by atoms with Crippen LogP contribution in [0, 0.1) is 0 Å². The zero-order valence-electron chi connectivity index (χ0n) is 14.8. The van der Waals surface area contributed by atoms with E-state index in [1.165, 1.54) is 16.7 Å². The van der Waals surface area contributed by atoms with Crippen molar-refractivity contribution in [2.45, 2.75) is 19.3 Å². The van der Waals surface area contributed by atoms with Crippen LogP contribution in [0.5, 0.6) is 0 Å². The van der Waals surface area contributed by atoms with Crippen LogP contribution in [-0.2, 0) is 4.79 Å². The van der Waals surface area contributed by atoms with E-state index in [1.54, 1.807) is 0 Å². The molecular weight excluding hydrogens is 308 g/mol. The van der Waals surface area contributed by atoms with Crippen molar-refractivity contribution in [3.63, 3.8) is 0 Å². The van der Waals surface area contributed by atoms with Crippen molar-refractivity contribution < 1.29 is 4.79 Å². The molecule has 1 heterocycles.